The second kappa shape index (κ2) is 8.39. The third-order valence-electron chi connectivity index (χ3n) is 8.08. The largest absolute Gasteiger partial charge is 0.389 e. The number of fused-ring (bicyclic) bond motifs is 1. The molecule has 1 aromatic rings. The van der Waals surface area contributed by atoms with Crippen LogP contribution in [0.1, 0.15) is 83.1 Å². The van der Waals surface area contributed by atoms with Gasteiger partial charge < -0.3 is 10.0 Å². The molecule has 0 unspecified atom stereocenters. The third kappa shape index (κ3) is 4.25. The minimum absolute atomic E-state index is 0.0851. The molecule has 3 fully saturated rings. The molecule has 0 spiro atoms. The van der Waals surface area contributed by atoms with Crippen LogP contribution in [0.25, 0.3) is 0 Å². The zero-order chi connectivity index (χ0) is 20.5. The molecule has 2 aliphatic heterocycles. The molecule has 1 saturated carbocycles. The van der Waals surface area contributed by atoms with E-state index < -0.39 is 5.60 Å². The molecule has 2 heterocycles. The highest BCUT2D eigenvalue weighted by molar-refractivity contribution is 5.74. The highest BCUT2D eigenvalue weighted by atomic mass is 16.3. The number of nitrogens with zero attached hydrogens (tertiary/aromatic N) is 2. The van der Waals surface area contributed by atoms with E-state index >= 15 is 0 Å². The molecule has 0 bridgehead atoms. The van der Waals surface area contributed by atoms with E-state index in [0.717, 1.165) is 71.0 Å². The van der Waals surface area contributed by atoms with Gasteiger partial charge in [-0.3, -0.25) is 9.69 Å². The van der Waals surface area contributed by atoms with Gasteiger partial charge in [-0.05, 0) is 76.3 Å². The van der Waals surface area contributed by atoms with Crippen LogP contribution in [0.15, 0.2) is 30.3 Å². The Balaban J connectivity index is 1.45. The summed E-state index contributed by atoms with van der Waals surface area (Å²) in [4.78, 5) is 17.1. The molecular formula is C25H38N2O2. The Bertz CT molecular complexity index is 698. The van der Waals surface area contributed by atoms with Gasteiger partial charge in [-0.2, -0.15) is 0 Å². The highest BCUT2D eigenvalue weighted by Gasteiger charge is 2.48. The molecule has 2 saturated heterocycles. The number of amides is 1. The SMILES string of the molecule is CC(=O)N1CCCC[C@H]2N(CC3(O)CCC(c4ccccc4)CC3)CCC[C@@]21C. The number of hydrogen-bond donors (Lipinski definition) is 1. The molecule has 3 aliphatic rings. The summed E-state index contributed by atoms with van der Waals surface area (Å²) in [7, 11) is 0. The Morgan fingerprint density at radius 2 is 1.76 bits per heavy atom. The quantitative estimate of drug-likeness (QED) is 0.824. The zero-order valence-electron chi connectivity index (χ0n) is 18.3. The highest BCUT2D eigenvalue weighted by Crippen LogP contribution is 2.42. The Kier molecular flexibility index (Phi) is 6.04. The maximum absolute atomic E-state index is 12.4. The first kappa shape index (κ1) is 20.9. The second-order valence-corrected chi connectivity index (χ2v) is 10.0. The lowest BCUT2D eigenvalue weighted by Gasteiger charge is -2.54. The smallest absolute Gasteiger partial charge is 0.219 e. The van der Waals surface area contributed by atoms with Gasteiger partial charge >= 0.3 is 0 Å². The predicted molar refractivity (Wildman–Crippen MR) is 117 cm³/mol. The standard InChI is InChI=1S/C25H38N2O2/c1-20(28)27-18-7-6-11-23-24(27,2)14-8-17-26(23)19-25(29)15-12-22(13-16-25)21-9-4-3-5-10-21/h3-5,9-10,22-23,29H,6-8,11-19H2,1-2H3/t22?,23-,24+,25?/m1/s1. The number of piperidine rings is 1. The Morgan fingerprint density at radius 3 is 2.45 bits per heavy atom. The van der Waals surface area contributed by atoms with Crippen LogP contribution < -0.4 is 0 Å². The summed E-state index contributed by atoms with van der Waals surface area (Å²) in [6.45, 7) is 6.73. The van der Waals surface area contributed by atoms with Crippen LogP contribution in [0, 0.1) is 0 Å². The second-order valence-electron chi connectivity index (χ2n) is 10.0. The molecule has 4 rings (SSSR count). The maximum Gasteiger partial charge on any atom is 0.219 e. The first-order valence-corrected chi connectivity index (χ1v) is 11.7. The van der Waals surface area contributed by atoms with Gasteiger partial charge in [0.25, 0.3) is 0 Å². The summed E-state index contributed by atoms with van der Waals surface area (Å²) in [5, 5.41) is 11.5. The van der Waals surface area contributed by atoms with Gasteiger partial charge in [-0.1, -0.05) is 36.8 Å². The van der Waals surface area contributed by atoms with Gasteiger partial charge in [0.05, 0.1) is 11.1 Å². The first-order chi connectivity index (χ1) is 13.9. The van der Waals surface area contributed by atoms with Crippen LogP contribution in [0.2, 0.25) is 0 Å². The fourth-order valence-corrected chi connectivity index (χ4v) is 6.48. The number of likely N-dealkylation sites (tertiary alicyclic amines) is 2. The number of rotatable bonds is 3. The van der Waals surface area contributed by atoms with E-state index in [1.807, 2.05) is 0 Å². The summed E-state index contributed by atoms with van der Waals surface area (Å²) >= 11 is 0. The van der Waals surface area contributed by atoms with Crippen LogP contribution >= 0.6 is 0 Å². The minimum atomic E-state index is -0.586. The number of carbonyl (C=O) groups excluding carboxylic acids is 1. The van der Waals surface area contributed by atoms with Crippen LogP contribution in [0.5, 0.6) is 0 Å². The number of hydrogen-bond acceptors (Lipinski definition) is 3. The Hall–Kier alpha value is -1.39. The molecule has 1 aliphatic carbocycles. The summed E-state index contributed by atoms with van der Waals surface area (Å²) in [6, 6.07) is 11.2. The monoisotopic (exact) mass is 398 g/mol. The van der Waals surface area contributed by atoms with Crippen molar-refractivity contribution < 1.29 is 9.90 Å². The number of benzene rings is 1. The molecule has 0 radical (unpaired) electrons. The van der Waals surface area contributed by atoms with Crippen molar-refractivity contribution in [2.75, 3.05) is 19.6 Å². The van der Waals surface area contributed by atoms with Crippen molar-refractivity contribution >= 4 is 5.91 Å². The summed E-state index contributed by atoms with van der Waals surface area (Å²) < 4.78 is 0. The van der Waals surface area contributed by atoms with E-state index in [-0.39, 0.29) is 11.4 Å². The lowest BCUT2D eigenvalue weighted by atomic mass is 9.74. The fraction of sp³-hybridized carbons (Fsp3) is 0.720. The fourth-order valence-electron chi connectivity index (χ4n) is 6.48. The first-order valence-electron chi connectivity index (χ1n) is 11.7. The van der Waals surface area contributed by atoms with E-state index in [1.54, 1.807) is 6.92 Å². The van der Waals surface area contributed by atoms with Crippen molar-refractivity contribution in [1.29, 1.82) is 0 Å². The molecular weight excluding hydrogens is 360 g/mol. The van der Waals surface area contributed by atoms with E-state index in [4.69, 9.17) is 0 Å². The lowest BCUT2D eigenvalue weighted by Crippen LogP contribution is -2.65. The summed E-state index contributed by atoms with van der Waals surface area (Å²) in [5.74, 6) is 0.789. The van der Waals surface area contributed by atoms with E-state index in [0.29, 0.717) is 12.0 Å². The average molecular weight is 399 g/mol. The zero-order valence-corrected chi connectivity index (χ0v) is 18.3. The van der Waals surface area contributed by atoms with Gasteiger partial charge in [0.2, 0.25) is 5.91 Å². The molecule has 1 aromatic carbocycles. The topological polar surface area (TPSA) is 43.8 Å². The minimum Gasteiger partial charge on any atom is -0.389 e. The van der Waals surface area contributed by atoms with Gasteiger partial charge in [0.1, 0.15) is 0 Å². The maximum atomic E-state index is 12.4. The van der Waals surface area contributed by atoms with Gasteiger partial charge in [0, 0.05) is 26.1 Å². The molecule has 29 heavy (non-hydrogen) atoms. The normalized spacial score (nSPS) is 36.3. The van der Waals surface area contributed by atoms with Crippen LogP contribution in [0.3, 0.4) is 0 Å². The third-order valence-corrected chi connectivity index (χ3v) is 8.08. The van der Waals surface area contributed by atoms with E-state index in [1.165, 1.54) is 12.0 Å². The summed E-state index contributed by atoms with van der Waals surface area (Å²) in [6.07, 6.45) is 9.50. The molecule has 160 valence electrons. The number of carbonyl (C=O) groups is 1. The number of aliphatic hydroxyl groups is 1. The van der Waals surface area contributed by atoms with Gasteiger partial charge in [0.15, 0.2) is 0 Å². The van der Waals surface area contributed by atoms with Crippen molar-refractivity contribution in [2.24, 2.45) is 0 Å². The molecule has 1 amide bonds. The van der Waals surface area contributed by atoms with Crippen molar-refractivity contribution in [2.45, 2.75) is 94.7 Å². The van der Waals surface area contributed by atoms with Gasteiger partial charge in [-0.15, -0.1) is 0 Å². The Labute approximate surface area is 176 Å². The summed E-state index contributed by atoms with van der Waals surface area (Å²) in [5.41, 5.74) is 0.746. The van der Waals surface area contributed by atoms with Gasteiger partial charge in [-0.25, -0.2) is 0 Å². The van der Waals surface area contributed by atoms with Crippen molar-refractivity contribution in [3.63, 3.8) is 0 Å². The predicted octanol–water partition coefficient (Wildman–Crippen LogP) is 4.33. The van der Waals surface area contributed by atoms with E-state index in [2.05, 4.69) is 47.1 Å². The van der Waals surface area contributed by atoms with Crippen LogP contribution in [-0.2, 0) is 4.79 Å². The molecule has 1 N–H and O–H groups in total. The average Bonchev–Trinajstić information content (AvgIpc) is 2.88. The Morgan fingerprint density at radius 1 is 1.03 bits per heavy atom. The van der Waals surface area contributed by atoms with Crippen molar-refractivity contribution in [1.82, 2.24) is 9.80 Å². The number of β-amino-alcohol motifs (C(OH)–C–C–N with tert-alkyl or cyclic N) is 1. The van der Waals surface area contributed by atoms with E-state index in [9.17, 15) is 9.90 Å². The molecule has 4 heteroatoms. The molecule has 4 nitrogen and oxygen atoms in total. The van der Waals surface area contributed by atoms with Crippen LogP contribution in [0.4, 0.5) is 0 Å². The molecule has 2 atom stereocenters. The van der Waals surface area contributed by atoms with Crippen molar-refractivity contribution in [3.8, 4) is 0 Å². The lowest BCUT2D eigenvalue weighted by molar-refractivity contribution is -0.141. The van der Waals surface area contributed by atoms with Crippen molar-refractivity contribution in [3.05, 3.63) is 35.9 Å². The van der Waals surface area contributed by atoms with Crippen LogP contribution in [-0.4, -0.2) is 57.6 Å². The molecule has 0 aromatic heterocycles.